The van der Waals surface area contributed by atoms with E-state index in [-0.39, 0.29) is 12.0 Å². The van der Waals surface area contributed by atoms with Crippen LogP contribution in [0.3, 0.4) is 0 Å². The van der Waals surface area contributed by atoms with Crippen molar-refractivity contribution in [2.24, 2.45) is 5.92 Å². The number of anilines is 1. The normalized spacial score (nSPS) is 24.8. The number of ether oxygens (including phenoxy) is 2. The molecule has 1 fully saturated rings. The van der Waals surface area contributed by atoms with Crippen LogP contribution in [0.15, 0.2) is 54.6 Å². The van der Waals surface area contributed by atoms with E-state index < -0.39 is 0 Å². The Morgan fingerprint density at radius 3 is 2.90 bits per heavy atom. The lowest BCUT2D eigenvalue weighted by atomic mass is 9.76. The van der Waals surface area contributed by atoms with Crippen molar-refractivity contribution in [1.29, 1.82) is 0 Å². The van der Waals surface area contributed by atoms with Gasteiger partial charge in [0, 0.05) is 23.1 Å². The molecule has 0 bridgehead atoms. The van der Waals surface area contributed by atoms with E-state index in [4.69, 9.17) is 9.47 Å². The highest BCUT2D eigenvalue weighted by Gasteiger charge is 2.38. The molecule has 0 saturated carbocycles. The summed E-state index contributed by atoms with van der Waals surface area (Å²) in [4.78, 5) is 12.2. The highest BCUT2D eigenvalue weighted by atomic mass is 32.2. The van der Waals surface area contributed by atoms with Gasteiger partial charge in [-0.25, -0.2) is 4.79 Å². The molecule has 5 heteroatoms. The third-order valence-electron chi connectivity index (χ3n) is 6.00. The van der Waals surface area contributed by atoms with Crippen LogP contribution in [0.4, 0.5) is 5.69 Å². The molecule has 0 radical (unpaired) electrons. The van der Waals surface area contributed by atoms with Crippen molar-refractivity contribution >= 4 is 23.4 Å². The van der Waals surface area contributed by atoms with Gasteiger partial charge in [0.15, 0.2) is 0 Å². The fourth-order valence-electron chi connectivity index (χ4n) is 4.52. The van der Waals surface area contributed by atoms with Gasteiger partial charge in [-0.05, 0) is 60.7 Å². The molecular weight excluding hydrogens is 382 g/mol. The Kier molecular flexibility index (Phi) is 5.00. The van der Waals surface area contributed by atoms with Gasteiger partial charge in [-0.1, -0.05) is 24.3 Å². The number of allylic oxidation sites excluding steroid dienone is 2. The van der Waals surface area contributed by atoms with Gasteiger partial charge in [-0.15, -0.1) is 0 Å². The first-order valence-corrected chi connectivity index (χ1v) is 11.5. The van der Waals surface area contributed by atoms with Crippen molar-refractivity contribution in [3.8, 4) is 5.75 Å². The number of carbonyl (C=O) groups is 1. The molecule has 2 heterocycles. The first-order valence-electron chi connectivity index (χ1n) is 10.3. The SMILES string of the molecule is CCOC(=O)c1ccc2c(c1)[C@H]1C=CC[C@H]1[C@H](c1cccc(OC3CSC3)c1)N2. The summed E-state index contributed by atoms with van der Waals surface area (Å²) in [5.74, 6) is 3.59. The average molecular weight is 408 g/mol. The van der Waals surface area contributed by atoms with Crippen LogP contribution < -0.4 is 10.1 Å². The molecule has 0 spiro atoms. The zero-order valence-corrected chi connectivity index (χ0v) is 17.3. The van der Waals surface area contributed by atoms with E-state index in [0.717, 1.165) is 29.4 Å². The number of thioether (sulfide) groups is 1. The van der Waals surface area contributed by atoms with Gasteiger partial charge in [-0.3, -0.25) is 0 Å². The average Bonchev–Trinajstić information content (AvgIpc) is 3.20. The van der Waals surface area contributed by atoms with Gasteiger partial charge >= 0.3 is 5.97 Å². The molecule has 4 nitrogen and oxygen atoms in total. The van der Waals surface area contributed by atoms with Crippen molar-refractivity contribution in [3.63, 3.8) is 0 Å². The molecule has 2 aromatic rings. The summed E-state index contributed by atoms with van der Waals surface area (Å²) >= 11 is 1.93. The van der Waals surface area contributed by atoms with Gasteiger partial charge in [0.1, 0.15) is 11.9 Å². The van der Waals surface area contributed by atoms with Crippen LogP contribution >= 0.6 is 11.8 Å². The summed E-state index contributed by atoms with van der Waals surface area (Å²) in [6, 6.07) is 14.6. The number of nitrogens with one attached hydrogen (secondary N) is 1. The maximum absolute atomic E-state index is 12.2. The van der Waals surface area contributed by atoms with E-state index in [1.54, 1.807) is 0 Å². The summed E-state index contributed by atoms with van der Waals surface area (Å²) in [6.07, 6.45) is 5.92. The highest BCUT2D eigenvalue weighted by molar-refractivity contribution is 8.00. The summed E-state index contributed by atoms with van der Waals surface area (Å²) < 4.78 is 11.3. The predicted octanol–water partition coefficient (Wildman–Crippen LogP) is 5.18. The second-order valence-corrected chi connectivity index (χ2v) is 8.92. The molecule has 0 amide bonds. The zero-order valence-electron chi connectivity index (χ0n) is 16.5. The fourth-order valence-corrected chi connectivity index (χ4v) is 5.09. The first-order chi connectivity index (χ1) is 14.2. The Morgan fingerprint density at radius 2 is 2.10 bits per heavy atom. The smallest absolute Gasteiger partial charge is 0.338 e. The standard InChI is InChI=1S/C24H25NO3S/c1-2-27-24(26)16-9-10-22-21(12-16)19-7-4-8-20(19)23(25-22)15-5-3-6-17(11-15)28-18-13-29-14-18/h3-7,9-12,18-20,23,25H,2,8,13-14H2,1H3/t19-,20+,23-/m0/s1. The van der Waals surface area contributed by atoms with Crippen LogP contribution in [0.1, 0.15) is 46.8 Å². The van der Waals surface area contributed by atoms with Crippen molar-refractivity contribution in [2.45, 2.75) is 31.4 Å². The molecule has 3 aliphatic rings. The molecule has 3 atom stereocenters. The number of benzene rings is 2. The molecule has 2 aromatic carbocycles. The lowest BCUT2D eigenvalue weighted by Crippen LogP contribution is -2.31. The van der Waals surface area contributed by atoms with Gasteiger partial charge in [0.2, 0.25) is 0 Å². The molecule has 150 valence electrons. The lowest BCUT2D eigenvalue weighted by molar-refractivity contribution is 0.0526. The lowest BCUT2D eigenvalue weighted by Gasteiger charge is -2.38. The van der Waals surface area contributed by atoms with E-state index in [2.05, 4.69) is 41.7 Å². The largest absolute Gasteiger partial charge is 0.489 e. The molecule has 5 rings (SSSR count). The summed E-state index contributed by atoms with van der Waals surface area (Å²) in [6.45, 7) is 2.22. The summed E-state index contributed by atoms with van der Waals surface area (Å²) in [5.41, 5.74) is 4.16. The molecule has 0 aromatic heterocycles. The second kappa shape index (κ2) is 7.79. The quantitative estimate of drug-likeness (QED) is 0.546. The number of hydrogen-bond donors (Lipinski definition) is 1. The maximum atomic E-state index is 12.2. The van der Waals surface area contributed by atoms with Gasteiger partial charge in [0.25, 0.3) is 0 Å². The number of hydrogen-bond acceptors (Lipinski definition) is 5. The number of carbonyl (C=O) groups excluding carboxylic acids is 1. The Balaban J connectivity index is 1.44. The minimum atomic E-state index is -0.255. The molecule has 1 saturated heterocycles. The third kappa shape index (κ3) is 3.52. The molecular formula is C24H25NO3S. The second-order valence-electron chi connectivity index (χ2n) is 7.85. The highest BCUT2D eigenvalue weighted by Crippen LogP contribution is 2.50. The van der Waals surface area contributed by atoms with E-state index in [0.29, 0.717) is 30.1 Å². The minimum Gasteiger partial charge on any atom is -0.489 e. The van der Waals surface area contributed by atoms with Crippen molar-refractivity contribution in [2.75, 3.05) is 23.4 Å². The maximum Gasteiger partial charge on any atom is 0.338 e. The summed E-state index contributed by atoms with van der Waals surface area (Å²) in [5, 5.41) is 3.74. The van der Waals surface area contributed by atoms with E-state index in [1.165, 1.54) is 11.1 Å². The molecule has 2 aliphatic heterocycles. The van der Waals surface area contributed by atoms with Gasteiger partial charge < -0.3 is 14.8 Å². The van der Waals surface area contributed by atoms with E-state index >= 15 is 0 Å². The summed E-state index contributed by atoms with van der Waals surface area (Å²) in [7, 11) is 0. The molecule has 1 N–H and O–H groups in total. The van der Waals surface area contributed by atoms with Crippen LogP contribution in [0, 0.1) is 5.92 Å². The van der Waals surface area contributed by atoms with Crippen LogP contribution in [0.25, 0.3) is 0 Å². The third-order valence-corrected chi connectivity index (χ3v) is 7.22. The van der Waals surface area contributed by atoms with Gasteiger partial charge in [-0.2, -0.15) is 11.8 Å². The van der Waals surface area contributed by atoms with Crippen molar-refractivity contribution < 1.29 is 14.3 Å². The number of esters is 1. The monoisotopic (exact) mass is 407 g/mol. The van der Waals surface area contributed by atoms with Crippen molar-refractivity contribution in [3.05, 3.63) is 71.3 Å². The van der Waals surface area contributed by atoms with Crippen LogP contribution in [0.5, 0.6) is 5.75 Å². The first kappa shape index (κ1) is 18.6. The molecule has 0 unspecified atom stereocenters. The Hall–Kier alpha value is -2.40. The Bertz CT molecular complexity index is 953. The van der Waals surface area contributed by atoms with Gasteiger partial charge in [0.05, 0.1) is 18.2 Å². The Labute approximate surface area is 175 Å². The molecule has 29 heavy (non-hydrogen) atoms. The number of rotatable bonds is 5. The fraction of sp³-hybridized carbons (Fsp3) is 0.375. The topological polar surface area (TPSA) is 47.6 Å². The van der Waals surface area contributed by atoms with E-state index in [1.807, 2.05) is 36.9 Å². The van der Waals surface area contributed by atoms with Crippen LogP contribution in [-0.4, -0.2) is 30.2 Å². The van der Waals surface area contributed by atoms with Crippen LogP contribution in [-0.2, 0) is 4.74 Å². The van der Waals surface area contributed by atoms with E-state index in [9.17, 15) is 4.79 Å². The predicted molar refractivity (Wildman–Crippen MR) is 117 cm³/mol. The number of fused-ring (bicyclic) bond motifs is 3. The van der Waals surface area contributed by atoms with Crippen molar-refractivity contribution in [1.82, 2.24) is 0 Å². The zero-order chi connectivity index (χ0) is 19.8. The minimum absolute atomic E-state index is 0.218. The van der Waals surface area contributed by atoms with Crippen LogP contribution in [0.2, 0.25) is 0 Å². The molecule has 1 aliphatic carbocycles. The Morgan fingerprint density at radius 1 is 1.21 bits per heavy atom.